The summed E-state index contributed by atoms with van der Waals surface area (Å²) in [6.07, 6.45) is 2.25. The highest BCUT2D eigenvalue weighted by atomic mass is 16.5. The Morgan fingerprint density at radius 1 is 0.850 bits per heavy atom. The van der Waals surface area contributed by atoms with Crippen LogP contribution in [0.15, 0.2) is 54.6 Å². The number of hydrogen-bond acceptors (Lipinski definition) is 2. The third kappa shape index (κ3) is 3.47. The molecule has 0 unspecified atom stereocenters. The Morgan fingerprint density at radius 3 is 2.20 bits per heavy atom. The lowest BCUT2D eigenvalue weighted by Gasteiger charge is -2.23. The molecule has 2 heteroatoms. The van der Waals surface area contributed by atoms with Gasteiger partial charge in [0.15, 0.2) is 0 Å². The molecule has 1 aliphatic rings. The minimum atomic E-state index is 0.609. The average Bonchev–Trinajstić information content (AvgIpc) is 2.55. The Morgan fingerprint density at radius 2 is 1.50 bits per heavy atom. The summed E-state index contributed by atoms with van der Waals surface area (Å²) in [5, 5.41) is 3.62. The van der Waals surface area contributed by atoms with E-state index >= 15 is 0 Å². The topological polar surface area (TPSA) is 21.3 Å². The van der Waals surface area contributed by atoms with Crippen molar-refractivity contribution in [1.82, 2.24) is 5.32 Å². The van der Waals surface area contributed by atoms with Crippen LogP contribution in [-0.2, 0) is 11.3 Å². The van der Waals surface area contributed by atoms with Crippen molar-refractivity contribution in [2.45, 2.75) is 25.4 Å². The smallest absolute Gasteiger partial charge is 0.0480 e. The molecule has 2 nitrogen and oxygen atoms in total. The van der Waals surface area contributed by atoms with Crippen LogP contribution in [0.25, 0.3) is 11.1 Å². The lowest BCUT2D eigenvalue weighted by Crippen LogP contribution is -2.34. The SMILES string of the molecule is c1ccc(-c2ccc(CNC3CCOCC3)cc2)cc1. The monoisotopic (exact) mass is 267 g/mol. The van der Waals surface area contributed by atoms with Crippen molar-refractivity contribution >= 4 is 0 Å². The molecule has 1 heterocycles. The first-order valence-corrected chi connectivity index (χ1v) is 7.37. The van der Waals surface area contributed by atoms with Gasteiger partial charge >= 0.3 is 0 Å². The molecule has 0 amide bonds. The molecule has 104 valence electrons. The van der Waals surface area contributed by atoms with Gasteiger partial charge in [-0.05, 0) is 29.5 Å². The van der Waals surface area contributed by atoms with E-state index in [0.717, 1.165) is 32.6 Å². The molecule has 1 aliphatic heterocycles. The summed E-state index contributed by atoms with van der Waals surface area (Å²) in [5.74, 6) is 0. The van der Waals surface area contributed by atoms with Crippen LogP contribution in [0.1, 0.15) is 18.4 Å². The number of benzene rings is 2. The zero-order valence-corrected chi connectivity index (χ0v) is 11.7. The fraction of sp³-hybridized carbons (Fsp3) is 0.333. The van der Waals surface area contributed by atoms with E-state index in [-0.39, 0.29) is 0 Å². The van der Waals surface area contributed by atoms with Crippen molar-refractivity contribution in [2.24, 2.45) is 0 Å². The Hall–Kier alpha value is -1.64. The molecule has 0 atom stereocenters. The quantitative estimate of drug-likeness (QED) is 0.913. The first kappa shape index (κ1) is 13.3. The molecule has 2 aromatic carbocycles. The van der Waals surface area contributed by atoms with Crippen LogP contribution < -0.4 is 5.32 Å². The van der Waals surface area contributed by atoms with Gasteiger partial charge in [-0.15, -0.1) is 0 Å². The van der Waals surface area contributed by atoms with Crippen molar-refractivity contribution < 1.29 is 4.74 Å². The van der Waals surface area contributed by atoms with Crippen LogP contribution in [0.5, 0.6) is 0 Å². The van der Waals surface area contributed by atoms with Gasteiger partial charge in [0.2, 0.25) is 0 Å². The summed E-state index contributed by atoms with van der Waals surface area (Å²) in [6.45, 7) is 2.73. The molecule has 1 N–H and O–H groups in total. The highest BCUT2D eigenvalue weighted by Gasteiger charge is 2.12. The van der Waals surface area contributed by atoms with E-state index in [1.54, 1.807) is 0 Å². The summed E-state index contributed by atoms with van der Waals surface area (Å²) < 4.78 is 5.38. The zero-order chi connectivity index (χ0) is 13.6. The Balaban J connectivity index is 1.58. The second-order valence-corrected chi connectivity index (χ2v) is 5.33. The highest BCUT2D eigenvalue weighted by Crippen LogP contribution is 2.19. The molecule has 0 bridgehead atoms. The lowest BCUT2D eigenvalue weighted by atomic mass is 10.0. The second-order valence-electron chi connectivity index (χ2n) is 5.33. The molecule has 3 rings (SSSR count). The van der Waals surface area contributed by atoms with E-state index in [0.29, 0.717) is 6.04 Å². The minimum absolute atomic E-state index is 0.609. The molecule has 0 aliphatic carbocycles. The number of nitrogens with one attached hydrogen (secondary N) is 1. The molecule has 0 spiro atoms. The molecular weight excluding hydrogens is 246 g/mol. The van der Waals surface area contributed by atoms with Gasteiger partial charge in [-0.2, -0.15) is 0 Å². The van der Waals surface area contributed by atoms with Gasteiger partial charge in [0.05, 0.1) is 0 Å². The van der Waals surface area contributed by atoms with E-state index in [1.807, 2.05) is 0 Å². The van der Waals surface area contributed by atoms with Gasteiger partial charge in [0.1, 0.15) is 0 Å². The predicted molar refractivity (Wildman–Crippen MR) is 82.6 cm³/mol. The van der Waals surface area contributed by atoms with E-state index in [9.17, 15) is 0 Å². The van der Waals surface area contributed by atoms with Crippen LogP contribution in [0.2, 0.25) is 0 Å². The molecule has 0 radical (unpaired) electrons. The van der Waals surface area contributed by atoms with Crippen LogP contribution in [-0.4, -0.2) is 19.3 Å². The van der Waals surface area contributed by atoms with Gasteiger partial charge < -0.3 is 10.1 Å². The molecule has 20 heavy (non-hydrogen) atoms. The summed E-state index contributed by atoms with van der Waals surface area (Å²) in [6, 6.07) is 20.0. The Kier molecular flexibility index (Phi) is 4.46. The van der Waals surface area contributed by atoms with Crippen LogP contribution >= 0.6 is 0 Å². The summed E-state index contributed by atoms with van der Waals surface area (Å²) in [7, 11) is 0. The van der Waals surface area contributed by atoms with E-state index in [2.05, 4.69) is 59.9 Å². The largest absolute Gasteiger partial charge is 0.381 e. The van der Waals surface area contributed by atoms with Crippen LogP contribution in [0.4, 0.5) is 0 Å². The maximum atomic E-state index is 5.38. The first-order valence-electron chi connectivity index (χ1n) is 7.37. The lowest BCUT2D eigenvalue weighted by molar-refractivity contribution is 0.0776. The van der Waals surface area contributed by atoms with Crippen molar-refractivity contribution in [3.8, 4) is 11.1 Å². The normalized spacial score (nSPS) is 16.2. The van der Waals surface area contributed by atoms with Gasteiger partial charge in [-0.25, -0.2) is 0 Å². The van der Waals surface area contributed by atoms with E-state index < -0.39 is 0 Å². The average molecular weight is 267 g/mol. The minimum Gasteiger partial charge on any atom is -0.381 e. The predicted octanol–water partition coefficient (Wildman–Crippen LogP) is 3.62. The molecule has 0 aromatic heterocycles. The van der Waals surface area contributed by atoms with Crippen LogP contribution in [0.3, 0.4) is 0 Å². The maximum absolute atomic E-state index is 5.38. The van der Waals surface area contributed by atoms with Crippen molar-refractivity contribution in [2.75, 3.05) is 13.2 Å². The second kappa shape index (κ2) is 6.69. The number of ether oxygens (including phenoxy) is 1. The fourth-order valence-corrected chi connectivity index (χ4v) is 2.61. The molecule has 1 saturated heterocycles. The molecular formula is C18H21NO. The van der Waals surface area contributed by atoms with Crippen molar-refractivity contribution in [3.05, 3.63) is 60.2 Å². The van der Waals surface area contributed by atoms with Crippen LogP contribution in [0, 0.1) is 0 Å². The van der Waals surface area contributed by atoms with Gasteiger partial charge in [0.25, 0.3) is 0 Å². The summed E-state index contributed by atoms with van der Waals surface area (Å²) in [5.41, 5.74) is 3.90. The first-order chi connectivity index (χ1) is 9.92. The van der Waals surface area contributed by atoms with E-state index in [1.165, 1.54) is 16.7 Å². The zero-order valence-electron chi connectivity index (χ0n) is 11.7. The van der Waals surface area contributed by atoms with Gasteiger partial charge in [-0.1, -0.05) is 54.6 Å². The fourth-order valence-electron chi connectivity index (χ4n) is 2.61. The summed E-state index contributed by atoms with van der Waals surface area (Å²) in [4.78, 5) is 0. The number of rotatable bonds is 4. The third-order valence-corrected chi connectivity index (χ3v) is 3.88. The summed E-state index contributed by atoms with van der Waals surface area (Å²) >= 11 is 0. The Bertz CT molecular complexity index is 515. The highest BCUT2D eigenvalue weighted by molar-refractivity contribution is 5.63. The molecule has 0 saturated carbocycles. The van der Waals surface area contributed by atoms with E-state index in [4.69, 9.17) is 4.74 Å². The molecule has 1 fully saturated rings. The van der Waals surface area contributed by atoms with Gasteiger partial charge in [-0.3, -0.25) is 0 Å². The van der Waals surface area contributed by atoms with Gasteiger partial charge in [0, 0.05) is 25.8 Å². The standard InChI is InChI=1S/C18H21NO/c1-2-4-16(5-3-1)17-8-6-15(7-9-17)14-19-18-10-12-20-13-11-18/h1-9,18-19H,10-14H2. The van der Waals surface area contributed by atoms with Crippen molar-refractivity contribution in [1.29, 1.82) is 0 Å². The van der Waals surface area contributed by atoms with Crippen molar-refractivity contribution in [3.63, 3.8) is 0 Å². The number of hydrogen-bond donors (Lipinski definition) is 1. The Labute approximate surface area is 120 Å². The molecule has 2 aromatic rings. The third-order valence-electron chi connectivity index (χ3n) is 3.88. The maximum Gasteiger partial charge on any atom is 0.0480 e.